The highest BCUT2D eigenvalue weighted by atomic mass is 32.2. The van der Waals surface area contributed by atoms with Crippen LogP contribution in [-0.4, -0.2) is 16.1 Å². The molecule has 7 heteroatoms. The molecule has 0 radical (unpaired) electrons. The van der Waals surface area contributed by atoms with Crippen molar-refractivity contribution in [3.05, 3.63) is 107 Å². The van der Waals surface area contributed by atoms with Crippen LogP contribution in [0, 0.1) is 5.82 Å². The predicted octanol–water partition coefficient (Wildman–Crippen LogP) is 6.76. The number of amides is 1. The first kappa shape index (κ1) is 20.4. The van der Waals surface area contributed by atoms with E-state index < -0.39 is 0 Å². The molecule has 1 fully saturated rings. The Morgan fingerprint density at radius 1 is 0.906 bits per heavy atom. The summed E-state index contributed by atoms with van der Waals surface area (Å²) in [6.07, 6.45) is 1.57. The highest BCUT2D eigenvalue weighted by Gasteiger charge is 2.35. The summed E-state index contributed by atoms with van der Waals surface area (Å²) in [6, 6.07) is 25.5. The number of para-hydroxylation sites is 1. The molecule has 0 aliphatic carbocycles. The molecular formula is C25H16FN3OS2. The number of hydrogen-bond acceptors (Lipinski definition) is 5. The van der Waals surface area contributed by atoms with Gasteiger partial charge >= 0.3 is 0 Å². The number of benzene rings is 3. The minimum Gasteiger partial charge on any atom is -0.268 e. The van der Waals surface area contributed by atoms with Crippen LogP contribution in [0.4, 0.5) is 15.2 Å². The number of aromatic nitrogens is 1. The highest BCUT2D eigenvalue weighted by Crippen LogP contribution is 2.38. The number of thioether (sulfide) groups is 1. The Hall–Kier alpha value is -3.55. The van der Waals surface area contributed by atoms with Crippen LogP contribution in [0.5, 0.6) is 0 Å². The van der Waals surface area contributed by atoms with E-state index in [9.17, 15) is 9.18 Å². The molecule has 3 aromatic carbocycles. The van der Waals surface area contributed by atoms with Gasteiger partial charge in [-0.15, -0.1) is 11.3 Å². The van der Waals surface area contributed by atoms with Crippen molar-refractivity contribution in [2.24, 2.45) is 4.99 Å². The lowest BCUT2D eigenvalue weighted by molar-refractivity contribution is -0.113. The van der Waals surface area contributed by atoms with Gasteiger partial charge in [-0.2, -0.15) is 4.99 Å². The minimum atomic E-state index is -0.377. The number of carbonyl (C=O) groups is 1. The lowest BCUT2D eigenvalue weighted by Crippen LogP contribution is -2.28. The molecule has 0 atom stereocenters. The third-order valence-electron chi connectivity index (χ3n) is 4.77. The number of carbonyl (C=O) groups excluding carboxylic acids is 1. The number of halogens is 1. The van der Waals surface area contributed by atoms with Gasteiger partial charge in [-0.25, -0.2) is 9.37 Å². The van der Waals surface area contributed by atoms with E-state index in [-0.39, 0.29) is 11.7 Å². The van der Waals surface area contributed by atoms with Gasteiger partial charge in [-0.05, 0) is 36.0 Å². The van der Waals surface area contributed by atoms with E-state index in [1.54, 1.807) is 29.2 Å². The Morgan fingerprint density at radius 2 is 1.59 bits per heavy atom. The second-order valence-corrected chi connectivity index (χ2v) is 8.73. The molecule has 1 aromatic heterocycles. The van der Waals surface area contributed by atoms with Crippen molar-refractivity contribution in [1.29, 1.82) is 0 Å². The molecule has 0 N–H and O–H groups in total. The van der Waals surface area contributed by atoms with E-state index in [4.69, 9.17) is 0 Å². The van der Waals surface area contributed by atoms with Crippen molar-refractivity contribution in [3.8, 4) is 11.3 Å². The van der Waals surface area contributed by atoms with Gasteiger partial charge in [-0.1, -0.05) is 66.7 Å². The van der Waals surface area contributed by atoms with Crippen molar-refractivity contribution >= 4 is 51.1 Å². The second kappa shape index (κ2) is 8.90. The Labute approximate surface area is 192 Å². The molecule has 0 unspecified atom stereocenters. The van der Waals surface area contributed by atoms with Crippen LogP contribution < -0.4 is 4.90 Å². The zero-order valence-electron chi connectivity index (χ0n) is 16.7. The maximum Gasteiger partial charge on any atom is 0.271 e. The zero-order valence-corrected chi connectivity index (χ0v) is 18.3. The third-order valence-corrected chi connectivity index (χ3v) is 6.47. The molecule has 0 saturated carbocycles. The van der Waals surface area contributed by atoms with Gasteiger partial charge in [0.15, 0.2) is 5.17 Å². The molecular weight excluding hydrogens is 441 g/mol. The fraction of sp³-hybridized carbons (Fsp3) is 0. The molecule has 5 rings (SSSR count). The minimum absolute atomic E-state index is 0.247. The topological polar surface area (TPSA) is 45.6 Å². The van der Waals surface area contributed by atoms with E-state index in [2.05, 4.69) is 9.98 Å². The number of anilines is 1. The molecule has 4 aromatic rings. The number of aliphatic imine (C=N–C) groups is 1. The molecule has 1 aliphatic heterocycles. The summed E-state index contributed by atoms with van der Waals surface area (Å²) in [5.74, 6) is -0.625. The summed E-state index contributed by atoms with van der Waals surface area (Å²) in [7, 11) is 0. The van der Waals surface area contributed by atoms with E-state index in [1.807, 2.05) is 66.0 Å². The second-order valence-electron chi connectivity index (χ2n) is 6.88. The van der Waals surface area contributed by atoms with Crippen molar-refractivity contribution in [2.75, 3.05) is 4.90 Å². The molecule has 2 heterocycles. The summed E-state index contributed by atoms with van der Waals surface area (Å²) >= 11 is 2.62. The van der Waals surface area contributed by atoms with Gasteiger partial charge in [0.05, 0.1) is 16.3 Å². The molecule has 1 aliphatic rings. The largest absolute Gasteiger partial charge is 0.271 e. The molecule has 0 bridgehead atoms. The molecule has 0 spiro atoms. The SMILES string of the molecule is O=C1/C(=C/c2ccccc2F)S/C(=N/c2nc(-c3ccccc3)cs2)N1c1ccccc1. The van der Waals surface area contributed by atoms with Gasteiger partial charge in [0.25, 0.3) is 5.91 Å². The fourth-order valence-corrected chi connectivity index (χ4v) is 4.95. The number of rotatable bonds is 4. The van der Waals surface area contributed by atoms with Gasteiger partial charge in [0, 0.05) is 16.5 Å². The monoisotopic (exact) mass is 457 g/mol. The summed E-state index contributed by atoms with van der Waals surface area (Å²) < 4.78 is 14.2. The summed E-state index contributed by atoms with van der Waals surface area (Å²) in [5, 5.41) is 2.98. The molecule has 156 valence electrons. The normalized spacial score (nSPS) is 16.3. The van der Waals surface area contributed by atoms with Gasteiger partial charge in [0.1, 0.15) is 5.82 Å². The molecule has 4 nitrogen and oxygen atoms in total. The van der Waals surface area contributed by atoms with Crippen LogP contribution in [0.2, 0.25) is 0 Å². The van der Waals surface area contributed by atoms with Crippen molar-refractivity contribution in [2.45, 2.75) is 0 Å². The maximum absolute atomic E-state index is 14.2. The maximum atomic E-state index is 14.2. The third kappa shape index (κ3) is 4.12. The molecule has 1 amide bonds. The van der Waals surface area contributed by atoms with Crippen molar-refractivity contribution in [1.82, 2.24) is 4.98 Å². The van der Waals surface area contributed by atoms with E-state index >= 15 is 0 Å². The Morgan fingerprint density at radius 3 is 2.34 bits per heavy atom. The Kier molecular flexibility index (Phi) is 5.66. The average molecular weight is 458 g/mol. The number of hydrogen-bond donors (Lipinski definition) is 0. The average Bonchev–Trinajstić information content (AvgIpc) is 3.41. The van der Waals surface area contributed by atoms with Gasteiger partial charge in [0.2, 0.25) is 5.13 Å². The molecule has 32 heavy (non-hydrogen) atoms. The van der Waals surface area contributed by atoms with Crippen LogP contribution in [-0.2, 0) is 4.79 Å². The van der Waals surface area contributed by atoms with Crippen molar-refractivity contribution in [3.63, 3.8) is 0 Å². The van der Waals surface area contributed by atoms with Crippen LogP contribution in [0.15, 0.2) is 100 Å². The summed E-state index contributed by atoms with van der Waals surface area (Å²) in [5.41, 5.74) is 2.89. The molecule has 1 saturated heterocycles. The highest BCUT2D eigenvalue weighted by molar-refractivity contribution is 8.19. The van der Waals surface area contributed by atoms with Crippen LogP contribution in [0.3, 0.4) is 0 Å². The van der Waals surface area contributed by atoms with Gasteiger partial charge < -0.3 is 0 Å². The fourth-order valence-electron chi connectivity index (χ4n) is 3.23. The quantitative estimate of drug-likeness (QED) is 0.318. The number of thiazole rings is 1. The van der Waals surface area contributed by atoms with Crippen molar-refractivity contribution < 1.29 is 9.18 Å². The number of amidine groups is 1. The van der Waals surface area contributed by atoms with Crippen LogP contribution >= 0.6 is 23.1 Å². The summed E-state index contributed by atoms with van der Waals surface area (Å²) in [6.45, 7) is 0. The number of nitrogens with zero attached hydrogens (tertiary/aromatic N) is 3. The predicted molar refractivity (Wildman–Crippen MR) is 131 cm³/mol. The first-order valence-corrected chi connectivity index (χ1v) is 11.5. The van der Waals surface area contributed by atoms with Gasteiger partial charge in [-0.3, -0.25) is 9.69 Å². The first-order valence-electron chi connectivity index (χ1n) is 9.82. The lowest BCUT2D eigenvalue weighted by atomic mass is 10.2. The van der Waals surface area contributed by atoms with Crippen LogP contribution in [0.1, 0.15) is 5.56 Å². The zero-order chi connectivity index (χ0) is 21.9. The van der Waals surface area contributed by atoms with E-state index in [0.717, 1.165) is 11.3 Å². The summed E-state index contributed by atoms with van der Waals surface area (Å²) in [4.78, 5) is 24.5. The smallest absolute Gasteiger partial charge is 0.268 e. The Bertz CT molecular complexity index is 1330. The standard InChI is InChI=1S/C25H16FN3OS2/c26-20-14-8-7-11-18(20)15-22-23(30)29(19-12-5-2-6-13-19)25(32-22)28-24-27-21(16-31-24)17-9-3-1-4-10-17/h1-16H/b22-15-,28-25+. The van der Waals surface area contributed by atoms with Crippen LogP contribution in [0.25, 0.3) is 17.3 Å². The van der Waals surface area contributed by atoms with E-state index in [0.29, 0.717) is 26.5 Å². The first-order chi connectivity index (χ1) is 15.7. The lowest BCUT2D eigenvalue weighted by Gasteiger charge is -2.14. The Balaban J connectivity index is 1.54. The van der Waals surface area contributed by atoms with E-state index in [1.165, 1.54) is 29.2 Å².